The molecule has 0 saturated heterocycles. The van der Waals surface area contributed by atoms with Crippen LogP contribution in [0.5, 0.6) is 0 Å². The first-order valence-electron chi connectivity index (χ1n) is 12.0. The molecule has 2 atom stereocenters. The van der Waals surface area contributed by atoms with Gasteiger partial charge in [0.2, 0.25) is 11.8 Å². The summed E-state index contributed by atoms with van der Waals surface area (Å²) in [5, 5.41) is 7.99. The second-order valence-corrected chi connectivity index (χ2v) is 10.3. The van der Waals surface area contributed by atoms with E-state index in [0.717, 1.165) is 0 Å². The van der Waals surface area contributed by atoms with Crippen LogP contribution in [0.1, 0.15) is 79.6 Å². The Balaban J connectivity index is 4.91. The Kier molecular flexibility index (Phi) is 15.4. The van der Waals surface area contributed by atoms with E-state index < -0.39 is 23.4 Å². The average Bonchev–Trinajstić information content (AvgIpc) is 2.74. The molecule has 0 spiro atoms. The van der Waals surface area contributed by atoms with Crippen molar-refractivity contribution in [1.29, 1.82) is 0 Å². The van der Waals surface area contributed by atoms with Gasteiger partial charge >= 0.3 is 6.03 Å². The van der Waals surface area contributed by atoms with Gasteiger partial charge in [-0.15, -0.1) is 11.6 Å². The minimum atomic E-state index is -0.671. The van der Waals surface area contributed by atoms with E-state index in [1.165, 1.54) is 0 Å². The number of halogens is 1. The molecule has 4 amide bonds. The molecular weight excluding hydrogens is 460 g/mol. The molecule has 0 aliphatic rings. The maximum Gasteiger partial charge on any atom is 0.312 e. The lowest BCUT2D eigenvalue weighted by atomic mass is 9.77. The molecule has 0 aromatic heterocycles. The highest BCUT2D eigenvalue weighted by Crippen LogP contribution is 2.27. The van der Waals surface area contributed by atoms with Crippen LogP contribution in [-0.2, 0) is 19.2 Å². The smallest absolute Gasteiger partial charge is 0.312 e. The summed E-state index contributed by atoms with van der Waals surface area (Å²) in [6.07, 6.45) is 3.34. The molecule has 0 bridgehead atoms. The van der Waals surface area contributed by atoms with Crippen LogP contribution in [0.15, 0.2) is 0 Å². The van der Waals surface area contributed by atoms with Crippen molar-refractivity contribution in [1.82, 2.24) is 16.0 Å². The number of nitrogens with one attached hydrogen (secondary N) is 3. The standard InChI is InChI=1S/C24H43ClN4O5/c1-16(2)21(29-19(31)11-7-9-12-27-20(32)15-25)18(30)14-17(22(33)24(3,4)5)10-6-8-13-28-23(26)34/h16-17,21H,6-15H2,1-5H3,(H,27,32)(H,29,31)(H3,26,28,34)/t17-,21+/m1/s1. The summed E-state index contributed by atoms with van der Waals surface area (Å²) in [5.41, 5.74) is 4.47. The lowest BCUT2D eigenvalue weighted by molar-refractivity contribution is -0.135. The van der Waals surface area contributed by atoms with Gasteiger partial charge in [-0.25, -0.2) is 4.79 Å². The van der Waals surface area contributed by atoms with Gasteiger partial charge < -0.3 is 21.7 Å². The van der Waals surface area contributed by atoms with E-state index >= 15 is 0 Å². The summed E-state index contributed by atoms with van der Waals surface area (Å²) in [6, 6.07) is -1.26. The zero-order valence-corrected chi connectivity index (χ0v) is 22.1. The molecule has 0 aromatic carbocycles. The topological polar surface area (TPSA) is 147 Å². The van der Waals surface area contributed by atoms with Crippen LogP contribution in [0.25, 0.3) is 0 Å². The molecule has 196 valence electrons. The molecule has 0 radical (unpaired) electrons. The molecule has 0 aromatic rings. The lowest BCUT2D eigenvalue weighted by Gasteiger charge is -2.27. The van der Waals surface area contributed by atoms with Gasteiger partial charge in [0.1, 0.15) is 11.7 Å². The van der Waals surface area contributed by atoms with E-state index in [4.69, 9.17) is 17.3 Å². The Morgan fingerprint density at radius 3 is 2.00 bits per heavy atom. The highest BCUT2D eigenvalue weighted by atomic mass is 35.5. The van der Waals surface area contributed by atoms with Gasteiger partial charge in [-0.2, -0.15) is 0 Å². The van der Waals surface area contributed by atoms with Crippen LogP contribution in [0.2, 0.25) is 0 Å². The number of hydrogen-bond acceptors (Lipinski definition) is 5. The van der Waals surface area contributed by atoms with Gasteiger partial charge in [0.15, 0.2) is 5.78 Å². The number of amides is 4. The molecule has 0 rings (SSSR count). The van der Waals surface area contributed by atoms with Gasteiger partial charge in [0.05, 0.1) is 6.04 Å². The maximum atomic E-state index is 13.1. The molecule has 0 heterocycles. The number of alkyl halides is 1. The fourth-order valence-corrected chi connectivity index (χ4v) is 3.68. The number of rotatable bonds is 17. The number of carbonyl (C=O) groups is 5. The van der Waals surface area contributed by atoms with Crippen LogP contribution < -0.4 is 21.7 Å². The third-order valence-corrected chi connectivity index (χ3v) is 5.68. The fraction of sp³-hybridized carbons (Fsp3) is 0.792. The van der Waals surface area contributed by atoms with Crippen molar-refractivity contribution in [3.05, 3.63) is 0 Å². The Morgan fingerprint density at radius 2 is 1.47 bits per heavy atom. The van der Waals surface area contributed by atoms with Gasteiger partial charge in [-0.1, -0.05) is 41.0 Å². The zero-order chi connectivity index (χ0) is 26.3. The quantitative estimate of drug-likeness (QED) is 0.178. The van der Waals surface area contributed by atoms with Crippen molar-refractivity contribution in [2.45, 2.75) is 85.6 Å². The van der Waals surface area contributed by atoms with Crippen molar-refractivity contribution in [2.24, 2.45) is 23.0 Å². The van der Waals surface area contributed by atoms with Crippen molar-refractivity contribution in [2.75, 3.05) is 19.0 Å². The van der Waals surface area contributed by atoms with Crippen molar-refractivity contribution in [3.63, 3.8) is 0 Å². The second kappa shape index (κ2) is 16.5. The van der Waals surface area contributed by atoms with Gasteiger partial charge in [0.25, 0.3) is 0 Å². The number of urea groups is 1. The Bertz CT molecular complexity index is 691. The molecule has 0 unspecified atom stereocenters. The Labute approximate surface area is 208 Å². The molecule has 9 nitrogen and oxygen atoms in total. The predicted octanol–water partition coefficient (Wildman–Crippen LogP) is 2.68. The third kappa shape index (κ3) is 14.2. The van der Waals surface area contributed by atoms with Gasteiger partial charge in [-0.05, 0) is 31.6 Å². The third-order valence-electron chi connectivity index (χ3n) is 5.44. The van der Waals surface area contributed by atoms with E-state index in [2.05, 4.69) is 16.0 Å². The molecule has 0 aliphatic heterocycles. The number of hydrogen-bond donors (Lipinski definition) is 4. The second-order valence-electron chi connectivity index (χ2n) is 10.00. The van der Waals surface area contributed by atoms with E-state index in [9.17, 15) is 24.0 Å². The van der Waals surface area contributed by atoms with E-state index in [-0.39, 0.29) is 48.0 Å². The fourth-order valence-electron chi connectivity index (χ4n) is 3.59. The summed E-state index contributed by atoms with van der Waals surface area (Å²) in [5.74, 6) is -1.30. The molecule has 0 saturated carbocycles. The van der Waals surface area contributed by atoms with Crippen LogP contribution in [0, 0.1) is 17.3 Å². The molecule has 5 N–H and O–H groups in total. The van der Waals surface area contributed by atoms with Crippen molar-refractivity contribution < 1.29 is 24.0 Å². The maximum absolute atomic E-state index is 13.1. The van der Waals surface area contributed by atoms with Crippen molar-refractivity contribution >= 4 is 41.0 Å². The molecular formula is C24H43ClN4O5. The van der Waals surface area contributed by atoms with Crippen LogP contribution >= 0.6 is 11.6 Å². The summed E-state index contributed by atoms with van der Waals surface area (Å²) in [6.45, 7) is 10.1. The van der Waals surface area contributed by atoms with Gasteiger partial charge in [-0.3, -0.25) is 19.2 Å². The van der Waals surface area contributed by atoms with Crippen LogP contribution in [-0.4, -0.2) is 54.4 Å². The molecule has 10 heteroatoms. The average molecular weight is 503 g/mol. The molecule has 0 aliphatic carbocycles. The molecule has 34 heavy (non-hydrogen) atoms. The number of primary amides is 1. The van der Waals surface area contributed by atoms with E-state index in [1.807, 2.05) is 34.6 Å². The molecule has 0 fully saturated rings. The lowest BCUT2D eigenvalue weighted by Crippen LogP contribution is -2.45. The normalized spacial score (nSPS) is 13.1. The summed E-state index contributed by atoms with van der Waals surface area (Å²) in [7, 11) is 0. The highest BCUT2D eigenvalue weighted by Gasteiger charge is 2.33. The largest absolute Gasteiger partial charge is 0.355 e. The van der Waals surface area contributed by atoms with Gasteiger partial charge in [0, 0.05) is 37.3 Å². The first-order valence-corrected chi connectivity index (χ1v) is 12.5. The predicted molar refractivity (Wildman–Crippen MR) is 133 cm³/mol. The first-order chi connectivity index (χ1) is 15.8. The number of unbranched alkanes of at least 4 members (excludes halogenated alkanes) is 2. The van der Waals surface area contributed by atoms with Crippen LogP contribution in [0.3, 0.4) is 0 Å². The number of ketones is 2. The summed E-state index contributed by atoms with van der Waals surface area (Å²) < 4.78 is 0. The SMILES string of the molecule is CC(C)[C@H](NC(=O)CCCCNC(=O)CCl)C(=O)C[C@@H](CCCCNC(N)=O)C(=O)C(C)(C)C. The van der Waals surface area contributed by atoms with E-state index in [0.29, 0.717) is 45.2 Å². The zero-order valence-electron chi connectivity index (χ0n) is 21.3. The Morgan fingerprint density at radius 1 is 0.882 bits per heavy atom. The summed E-state index contributed by atoms with van der Waals surface area (Å²) >= 11 is 5.42. The Hall–Kier alpha value is -2.16. The first kappa shape index (κ1) is 31.8. The van der Waals surface area contributed by atoms with E-state index in [1.54, 1.807) is 0 Å². The number of Topliss-reactive ketones (excluding diaryl/α,β-unsaturated/α-hetero) is 2. The highest BCUT2D eigenvalue weighted by molar-refractivity contribution is 6.27. The van der Waals surface area contributed by atoms with Crippen LogP contribution in [0.4, 0.5) is 4.79 Å². The number of carbonyl (C=O) groups excluding carboxylic acids is 5. The minimum absolute atomic E-state index is 0.0107. The monoisotopic (exact) mass is 502 g/mol. The number of nitrogens with two attached hydrogens (primary N) is 1. The minimum Gasteiger partial charge on any atom is -0.355 e. The summed E-state index contributed by atoms with van der Waals surface area (Å²) in [4.78, 5) is 60.5. The van der Waals surface area contributed by atoms with Crippen molar-refractivity contribution in [3.8, 4) is 0 Å².